The first-order valence-corrected chi connectivity index (χ1v) is 6.17. The number of pyridine rings is 1. The fourth-order valence-electron chi connectivity index (χ4n) is 1.73. The Morgan fingerprint density at radius 1 is 1.17 bits per heavy atom. The van der Waals surface area contributed by atoms with E-state index in [0.29, 0.717) is 11.7 Å². The van der Waals surface area contributed by atoms with E-state index in [9.17, 15) is 5.11 Å². The smallest absolute Gasteiger partial charge is 0.129 e. The molecule has 2 aromatic rings. The molecule has 2 rings (SSSR count). The van der Waals surface area contributed by atoms with Crippen LogP contribution in [-0.2, 0) is 6.54 Å². The Hall–Kier alpha value is -1.42. The number of nitrogens with one attached hydrogen (secondary N) is 1. The van der Waals surface area contributed by atoms with Crippen molar-refractivity contribution in [1.82, 2.24) is 10.3 Å². The predicted molar refractivity (Wildman–Crippen MR) is 72.4 cm³/mol. The Morgan fingerprint density at radius 2 is 1.94 bits per heavy atom. The third-order valence-electron chi connectivity index (χ3n) is 2.73. The van der Waals surface area contributed by atoms with Crippen molar-refractivity contribution >= 4 is 11.6 Å². The summed E-state index contributed by atoms with van der Waals surface area (Å²) < 4.78 is 0. The van der Waals surface area contributed by atoms with Crippen LogP contribution < -0.4 is 5.32 Å². The Kier molecular flexibility index (Phi) is 4.70. The normalized spacial score (nSPS) is 12.3. The van der Waals surface area contributed by atoms with Crippen molar-refractivity contribution in [2.75, 3.05) is 6.61 Å². The first kappa shape index (κ1) is 13.0. The van der Waals surface area contributed by atoms with Crippen molar-refractivity contribution in [3.63, 3.8) is 0 Å². The molecule has 0 aliphatic rings. The molecule has 3 nitrogen and oxygen atoms in total. The Bertz CT molecular complexity index is 473. The summed E-state index contributed by atoms with van der Waals surface area (Å²) in [5, 5.41) is 13.2. The first-order valence-electron chi connectivity index (χ1n) is 5.79. The molecule has 1 unspecified atom stereocenters. The maximum atomic E-state index is 9.40. The minimum Gasteiger partial charge on any atom is -0.394 e. The molecule has 94 valence electrons. The van der Waals surface area contributed by atoms with Crippen LogP contribution in [0.4, 0.5) is 0 Å². The largest absolute Gasteiger partial charge is 0.394 e. The molecule has 0 saturated carbocycles. The van der Waals surface area contributed by atoms with E-state index < -0.39 is 0 Å². The lowest BCUT2D eigenvalue weighted by Gasteiger charge is -2.16. The van der Waals surface area contributed by atoms with Gasteiger partial charge < -0.3 is 10.4 Å². The van der Waals surface area contributed by atoms with Gasteiger partial charge in [-0.2, -0.15) is 0 Å². The van der Waals surface area contributed by atoms with Crippen LogP contribution in [0.15, 0.2) is 48.7 Å². The van der Waals surface area contributed by atoms with Gasteiger partial charge in [0, 0.05) is 12.7 Å². The van der Waals surface area contributed by atoms with E-state index >= 15 is 0 Å². The molecular formula is C14H15ClN2O. The summed E-state index contributed by atoms with van der Waals surface area (Å²) in [6.45, 7) is 0.704. The van der Waals surface area contributed by atoms with Gasteiger partial charge in [0.15, 0.2) is 0 Å². The Balaban J connectivity index is 1.97. The number of nitrogens with zero attached hydrogens (tertiary/aromatic N) is 1. The standard InChI is InChI=1S/C14H15ClN2O/c15-14-7-6-11(9-17-14)8-16-13(10-18)12-4-2-1-3-5-12/h1-7,9,13,16,18H,8,10H2. The van der Waals surface area contributed by atoms with Crippen LogP contribution in [0.2, 0.25) is 5.15 Å². The quantitative estimate of drug-likeness (QED) is 0.814. The van der Waals surface area contributed by atoms with Gasteiger partial charge in [-0.25, -0.2) is 4.98 Å². The number of aliphatic hydroxyl groups excluding tert-OH is 1. The highest BCUT2D eigenvalue weighted by Gasteiger charge is 2.08. The summed E-state index contributed by atoms with van der Waals surface area (Å²) in [5.74, 6) is 0. The molecular weight excluding hydrogens is 248 g/mol. The minimum absolute atomic E-state index is 0.0605. The highest BCUT2D eigenvalue weighted by Crippen LogP contribution is 2.13. The van der Waals surface area contributed by atoms with Gasteiger partial charge in [-0.1, -0.05) is 48.0 Å². The number of hydrogen-bond acceptors (Lipinski definition) is 3. The number of benzene rings is 1. The predicted octanol–water partition coefficient (Wildman–Crippen LogP) is 2.56. The molecule has 1 aromatic heterocycles. The number of aliphatic hydroxyl groups is 1. The third-order valence-corrected chi connectivity index (χ3v) is 2.95. The van der Waals surface area contributed by atoms with Gasteiger partial charge in [0.2, 0.25) is 0 Å². The van der Waals surface area contributed by atoms with Crippen molar-refractivity contribution in [2.24, 2.45) is 0 Å². The number of aromatic nitrogens is 1. The van der Waals surface area contributed by atoms with Crippen LogP contribution in [0.5, 0.6) is 0 Å². The van der Waals surface area contributed by atoms with E-state index in [2.05, 4.69) is 10.3 Å². The first-order chi connectivity index (χ1) is 8.79. The second-order valence-corrected chi connectivity index (χ2v) is 4.40. The summed E-state index contributed by atoms with van der Waals surface area (Å²) in [5.41, 5.74) is 2.11. The molecule has 0 spiro atoms. The lowest BCUT2D eigenvalue weighted by atomic mass is 10.1. The molecule has 18 heavy (non-hydrogen) atoms. The maximum absolute atomic E-state index is 9.40. The maximum Gasteiger partial charge on any atom is 0.129 e. The van der Waals surface area contributed by atoms with E-state index in [1.165, 1.54) is 0 Å². The zero-order valence-electron chi connectivity index (χ0n) is 9.88. The van der Waals surface area contributed by atoms with Gasteiger partial charge in [-0.15, -0.1) is 0 Å². The van der Waals surface area contributed by atoms with Gasteiger partial charge in [0.25, 0.3) is 0 Å². The lowest BCUT2D eigenvalue weighted by Crippen LogP contribution is -2.23. The average Bonchev–Trinajstić information content (AvgIpc) is 2.43. The van der Waals surface area contributed by atoms with Gasteiger partial charge in [0.1, 0.15) is 5.15 Å². The average molecular weight is 263 g/mol. The van der Waals surface area contributed by atoms with Crippen LogP contribution in [0.1, 0.15) is 17.2 Å². The summed E-state index contributed by atoms with van der Waals surface area (Å²) in [6.07, 6.45) is 1.73. The fourth-order valence-corrected chi connectivity index (χ4v) is 1.84. The van der Waals surface area contributed by atoms with Crippen LogP contribution in [-0.4, -0.2) is 16.7 Å². The van der Waals surface area contributed by atoms with Crippen LogP contribution in [0, 0.1) is 0 Å². The van der Waals surface area contributed by atoms with E-state index in [-0.39, 0.29) is 12.6 Å². The molecule has 0 amide bonds. The monoisotopic (exact) mass is 262 g/mol. The summed E-state index contributed by atoms with van der Waals surface area (Å²) in [7, 11) is 0. The van der Waals surface area contributed by atoms with Crippen molar-refractivity contribution in [2.45, 2.75) is 12.6 Å². The minimum atomic E-state index is -0.0677. The number of hydrogen-bond donors (Lipinski definition) is 2. The van der Waals surface area contributed by atoms with Crippen molar-refractivity contribution < 1.29 is 5.11 Å². The SMILES string of the molecule is OCC(NCc1ccc(Cl)nc1)c1ccccc1. The molecule has 1 heterocycles. The zero-order chi connectivity index (χ0) is 12.8. The van der Waals surface area contributed by atoms with E-state index in [1.54, 1.807) is 12.3 Å². The fraction of sp³-hybridized carbons (Fsp3) is 0.214. The van der Waals surface area contributed by atoms with Crippen LogP contribution in [0.25, 0.3) is 0 Å². The second kappa shape index (κ2) is 6.50. The highest BCUT2D eigenvalue weighted by atomic mass is 35.5. The molecule has 0 saturated heterocycles. The molecule has 0 fully saturated rings. The zero-order valence-corrected chi connectivity index (χ0v) is 10.6. The van der Waals surface area contributed by atoms with Crippen molar-refractivity contribution in [3.05, 3.63) is 64.9 Å². The van der Waals surface area contributed by atoms with Crippen LogP contribution >= 0.6 is 11.6 Å². The summed E-state index contributed by atoms with van der Waals surface area (Å²) in [6, 6.07) is 13.5. The molecule has 1 aromatic carbocycles. The molecule has 2 N–H and O–H groups in total. The van der Waals surface area contributed by atoms with Gasteiger partial charge in [-0.05, 0) is 17.2 Å². The lowest BCUT2D eigenvalue weighted by molar-refractivity contribution is 0.243. The second-order valence-electron chi connectivity index (χ2n) is 4.02. The molecule has 0 radical (unpaired) electrons. The van der Waals surface area contributed by atoms with E-state index in [0.717, 1.165) is 11.1 Å². The van der Waals surface area contributed by atoms with Gasteiger partial charge in [0.05, 0.1) is 12.6 Å². The van der Waals surface area contributed by atoms with Crippen molar-refractivity contribution in [1.29, 1.82) is 0 Å². The van der Waals surface area contributed by atoms with Gasteiger partial charge >= 0.3 is 0 Å². The Morgan fingerprint density at radius 3 is 2.56 bits per heavy atom. The summed E-state index contributed by atoms with van der Waals surface area (Å²) in [4.78, 5) is 4.02. The van der Waals surface area contributed by atoms with Crippen LogP contribution in [0.3, 0.4) is 0 Å². The molecule has 0 bridgehead atoms. The molecule has 0 aliphatic carbocycles. The molecule has 0 aliphatic heterocycles. The molecule has 4 heteroatoms. The highest BCUT2D eigenvalue weighted by molar-refractivity contribution is 6.29. The molecule has 1 atom stereocenters. The number of halogens is 1. The van der Waals surface area contributed by atoms with E-state index in [4.69, 9.17) is 11.6 Å². The third kappa shape index (κ3) is 3.53. The van der Waals surface area contributed by atoms with Crippen molar-refractivity contribution in [3.8, 4) is 0 Å². The van der Waals surface area contributed by atoms with Gasteiger partial charge in [-0.3, -0.25) is 0 Å². The topological polar surface area (TPSA) is 45.1 Å². The van der Waals surface area contributed by atoms with E-state index in [1.807, 2.05) is 36.4 Å². The Labute approximate surface area is 111 Å². The summed E-state index contributed by atoms with van der Waals surface area (Å²) >= 11 is 5.73. The number of rotatable bonds is 5.